The summed E-state index contributed by atoms with van der Waals surface area (Å²) in [4.78, 5) is 14.9. The molecule has 27 heavy (non-hydrogen) atoms. The highest BCUT2D eigenvalue weighted by atomic mass is 16.1. The maximum atomic E-state index is 9.95. The first-order valence-electron chi connectivity index (χ1n) is 9.30. The van der Waals surface area contributed by atoms with Gasteiger partial charge in [-0.2, -0.15) is 10.2 Å². The number of likely N-dealkylation sites (N-methyl/N-ethyl adjacent to an activating group) is 1. The number of carbonyl (C=O) groups excluding carboxylic acids is 1. The van der Waals surface area contributed by atoms with Gasteiger partial charge in [-0.3, -0.25) is 9.48 Å². The Morgan fingerprint density at radius 1 is 1.26 bits per heavy atom. The van der Waals surface area contributed by atoms with E-state index in [0.29, 0.717) is 5.92 Å². The molecule has 7 heteroatoms. The third kappa shape index (κ3) is 4.42. The van der Waals surface area contributed by atoms with Gasteiger partial charge in [-0.25, -0.2) is 9.50 Å². The van der Waals surface area contributed by atoms with Gasteiger partial charge in [0.1, 0.15) is 0 Å². The number of hydrogen-bond acceptors (Lipinski definition) is 4. The second-order valence-corrected chi connectivity index (χ2v) is 6.73. The van der Waals surface area contributed by atoms with Gasteiger partial charge in [-0.05, 0) is 25.0 Å². The molecule has 7 nitrogen and oxygen atoms in total. The number of carbonyl (C=O) groups is 1. The lowest BCUT2D eigenvalue weighted by molar-refractivity contribution is -0.116. The topological polar surface area (TPSA) is 77.1 Å². The first-order valence-corrected chi connectivity index (χ1v) is 9.30. The number of rotatable bonds is 3. The maximum Gasteiger partial charge on any atom is 0.243 e. The molecule has 0 spiro atoms. The molecule has 1 aliphatic carbocycles. The number of nitrogens with one attached hydrogen (secondary N) is 1. The van der Waals surface area contributed by atoms with Crippen molar-refractivity contribution in [2.24, 2.45) is 7.05 Å². The van der Waals surface area contributed by atoms with E-state index in [9.17, 15) is 4.79 Å². The van der Waals surface area contributed by atoms with Crippen LogP contribution >= 0.6 is 0 Å². The van der Waals surface area contributed by atoms with Crippen molar-refractivity contribution in [1.29, 1.82) is 0 Å². The van der Waals surface area contributed by atoms with E-state index in [4.69, 9.17) is 4.98 Å². The number of aryl methyl sites for hydroxylation is 1. The van der Waals surface area contributed by atoms with E-state index in [-0.39, 0.29) is 5.91 Å². The fourth-order valence-corrected chi connectivity index (χ4v) is 3.42. The highest BCUT2D eigenvalue weighted by molar-refractivity contribution is 5.86. The van der Waals surface area contributed by atoms with Crippen LogP contribution in [-0.4, -0.2) is 37.3 Å². The highest BCUT2D eigenvalue weighted by Crippen LogP contribution is 2.34. The van der Waals surface area contributed by atoms with Crippen LogP contribution in [0, 0.1) is 0 Å². The largest absolute Gasteiger partial charge is 0.356 e. The van der Waals surface area contributed by atoms with Gasteiger partial charge in [0.2, 0.25) is 5.91 Å². The molecule has 3 aromatic rings. The van der Waals surface area contributed by atoms with E-state index in [2.05, 4.69) is 28.2 Å². The monoisotopic (exact) mass is 366 g/mol. The number of fused-ring (bicyclic) bond motifs is 1. The Morgan fingerprint density at radius 3 is 2.63 bits per heavy atom. The van der Waals surface area contributed by atoms with Gasteiger partial charge in [-0.15, -0.1) is 0 Å². The van der Waals surface area contributed by atoms with Crippen LogP contribution in [0.2, 0.25) is 0 Å². The van der Waals surface area contributed by atoms with Crippen LogP contribution in [0.15, 0.2) is 43.5 Å². The first kappa shape index (κ1) is 18.8. The van der Waals surface area contributed by atoms with Crippen LogP contribution < -0.4 is 5.32 Å². The van der Waals surface area contributed by atoms with Crippen molar-refractivity contribution >= 4 is 11.4 Å². The minimum Gasteiger partial charge on any atom is -0.356 e. The summed E-state index contributed by atoms with van der Waals surface area (Å²) in [7, 11) is 3.49. The Balaban J connectivity index is 0.000000307. The molecule has 142 valence electrons. The lowest BCUT2D eigenvalue weighted by Gasteiger charge is -2.22. The zero-order chi connectivity index (χ0) is 19.2. The molecule has 1 N–H and O–H groups in total. The Hall–Kier alpha value is -2.96. The highest BCUT2D eigenvalue weighted by Gasteiger charge is 2.21. The normalized spacial score (nSPS) is 14.4. The minimum atomic E-state index is -0.144. The number of nitrogens with zero attached hydrogens (tertiary/aromatic N) is 5. The molecule has 4 rings (SSSR count). The van der Waals surface area contributed by atoms with Crippen molar-refractivity contribution in [3.8, 4) is 11.3 Å². The smallest absolute Gasteiger partial charge is 0.243 e. The van der Waals surface area contributed by atoms with E-state index < -0.39 is 0 Å². The number of amides is 1. The molecule has 1 fully saturated rings. The van der Waals surface area contributed by atoms with Crippen LogP contribution in [0.4, 0.5) is 0 Å². The zero-order valence-electron chi connectivity index (χ0n) is 15.9. The number of aromatic nitrogens is 5. The summed E-state index contributed by atoms with van der Waals surface area (Å²) < 4.78 is 3.77. The molecule has 0 aromatic carbocycles. The Bertz CT molecular complexity index is 920. The molecule has 0 atom stereocenters. The van der Waals surface area contributed by atoms with Gasteiger partial charge in [0.15, 0.2) is 0 Å². The van der Waals surface area contributed by atoms with Crippen molar-refractivity contribution in [3.05, 3.63) is 49.2 Å². The van der Waals surface area contributed by atoms with Crippen LogP contribution in [-0.2, 0) is 11.8 Å². The molecule has 0 saturated heterocycles. The lowest BCUT2D eigenvalue weighted by Crippen LogP contribution is -2.13. The third-order valence-corrected chi connectivity index (χ3v) is 4.84. The third-order valence-electron chi connectivity index (χ3n) is 4.84. The summed E-state index contributed by atoms with van der Waals surface area (Å²) in [6.45, 7) is 3.22. The fourth-order valence-electron chi connectivity index (χ4n) is 3.42. The van der Waals surface area contributed by atoms with Gasteiger partial charge in [0.25, 0.3) is 0 Å². The molecule has 0 aliphatic heterocycles. The quantitative estimate of drug-likeness (QED) is 0.723. The number of hydrogen-bond donors (Lipinski definition) is 1. The van der Waals surface area contributed by atoms with Crippen molar-refractivity contribution in [3.63, 3.8) is 0 Å². The fraction of sp³-hybridized carbons (Fsp3) is 0.400. The van der Waals surface area contributed by atoms with E-state index in [1.807, 2.05) is 41.0 Å². The summed E-state index contributed by atoms with van der Waals surface area (Å²) in [5.41, 5.74) is 4.36. The van der Waals surface area contributed by atoms with Gasteiger partial charge in [0, 0.05) is 31.8 Å². The molecular weight excluding hydrogens is 340 g/mol. The van der Waals surface area contributed by atoms with Gasteiger partial charge in [-0.1, -0.05) is 25.8 Å². The lowest BCUT2D eigenvalue weighted by atomic mass is 9.86. The second kappa shape index (κ2) is 8.62. The van der Waals surface area contributed by atoms with Crippen molar-refractivity contribution < 1.29 is 4.79 Å². The Morgan fingerprint density at radius 2 is 2.04 bits per heavy atom. The van der Waals surface area contributed by atoms with Crippen LogP contribution in [0.1, 0.15) is 43.7 Å². The summed E-state index contributed by atoms with van der Waals surface area (Å²) in [5.74, 6) is 0.421. The molecule has 1 aliphatic rings. The van der Waals surface area contributed by atoms with E-state index >= 15 is 0 Å². The van der Waals surface area contributed by atoms with Crippen molar-refractivity contribution in [2.75, 3.05) is 7.05 Å². The standard InChI is InChI=1S/C16H19N5.C4H7NO/c1-20-10-13(9-18-20)14-11-21-15(7-8-17-21)16(19-14)12-5-3-2-4-6-12;1-3-4(6)5-2/h7-12H,2-6H2,1H3;3H,1H2,2H3,(H,5,6). The summed E-state index contributed by atoms with van der Waals surface area (Å²) in [6, 6.07) is 2.07. The summed E-state index contributed by atoms with van der Waals surface area (Å²) in [5, 5.41) is 11.0. The van der Waals surface area contributed by atoms with Crippen molar-refractivity contribution in [1.82, 2.24) is 29.7 Å². The van der Waals surface area contributed by atoms with Crippen LogP contribution in [0.25, 0.3) is 16.8 Å². The zero-order valence-corrected chi connectivity index (χ0v) is 15.9. The minimum absolute atomic E-state index is 0.144. The molecular formula is C20H26N6O. The van der Waals surface area contributed by atoms with Crippen LogP contribution in [0.5, 0.6) is 0 Å². The van der Waals surface area contributed by atoms with E-state index in [0.717, 1.165) is 16.8 Å². The maximum absolute atomic E-state index is 9.95. The molecule has 3 aromatic heterocycles. The average Bonchev–Trinajstić information content (AvgIpc) is 3.36. The molecule has 1 amide bonds. The van der Waals surface area contributed by atoms with Crippen LogP contribution in [0.3, 0.4) is 0 Å². The van der Waals surface area contributed by atoms with Gasteiger partial charge in [0.05, 0.1) is 35.5 Å². The van der Waals surface area contributed by atoms with E-state index in [1.165, 1.54) is 43.9 Å². The molecule has 0 radical (unpaired) electrons. The Labute approximate surface area is 159 Å². The molecule has 0 bridgehead atoms. The molecule has 1 saturated carbocycles. The SMILES string of the molecule is C=CC(=O)NC.Cn1cc(-c2cn3nccc3c(C3CCCCC3)n2)cn1. The molecule has 3 heterocycles. The average molecular weight is 366 g/mol. The second-order valence-electron chi connectivity index (χ2n) is 6.73. The van der Waals surface area contributed by atoms with Gasteiger partial charge >= 0.3 is 0 Å². The first-order chi connectivity index (χ1) is 13.1. The predicted octanol–water partition coefficient (Wildman–Crippen LogP) is 3.10. The molecule has 0 unspecified atom stereocenters. The predicted molar refractivity (Wildman–Crippen MR) is 105 cm³/mol. The summed E-state index contributed by atoms with van der Waals surface area (Å²) in [6.07, 6.45) is 15.4. The van der Waals surface area contributed by atoms with E-state index in [1.54, 1.807) is 7.05 Å². The van der Waals surface area contributed by atoms with Crippen molar-refractivity contribution in [2.45, 2.75) is 38.0 Å². The summed E-state index contributed by atoms with van der Waals surface area (Å²) >= 11 is 0. The van der Waals surface area contributed by atoms with Gasteiger partial charge < -0.3 is 5.32 Å². The Kier molecular flexibility index (Phi) is 6.01.